The molecule has 1 aliphatic rings. The smallest absolute Gasteiger partial charge is 0.244 e. The van der Waals surface area contributed by atoms with E-state index in [0.29, 0.717) is 6.54 Å². The average molecular weight is 319 g/mol. The number of hydrogen-bond donors (Lipinski definition) is 1. The Morgan fingerprint density at radius 3 is 2.96 bits per heavy atom. The predicted molar refractivity (Wildman–Crippen MR) is 84.8 cm³/mol. The number of aliphatic hydroxyl groups excluding tert-OH is 1. The van der Waals surface area contributed by atoms with Crippen LogP contribution in [0.25, 0.3) is 0 Å². The van der Waals surface area contributed by atoms with Crippen LogP contribution >= 0.6 is 0 Å². The van der Waals surface area contributed by atoms with Crippen molar-refractivity contribution in [2.45, 2.75) is 58.7 Å². The molecule has 7 nitrogen and oxygen atoms in total. The highest BCUT2D eigenvalue weighted by atomic mass is 16.5. The van der Waals surface area contributed by atoms with Gasteiger partial charge in [-0.1, -0.05) is 19.0 Å². The van der Waals surface area contributed by atoms with Crippen molar-refractivity contribution in [2.24, 2.45) is 0 Å². The minimum Gasteiger partial charge on any atom is -0.394 e. The lowest BCUT2D eigenvalue weighted by Crippen LogP contribution is -2.23. The monoisotopic (exact) mass is 319 g/mol. The highest BCUT2D eigenvalue weighted by molar-refractivity contribution is 5.16. The second kappa shape index (κ2) is 6.80. The summed E-state index contributed by atoms with van der Waals surface area (Å²) in [5.74, 6) is 1.78. The van der Waals surface area contributed by atoms with Gasteiger partial charge in [0, 0.05) is 24.2 Å². The third kappa shape index (κ3) is 3.45. The Morgan fingerprint density at radius 2 is 2.26 bits per heavy atom. The summed E-state index contributed by atoms with van der Waals surface area (Å²) in [6.45, 7) is 8.63. The molecule has 0 aliphatic carbocycles. The van der Waals surface area contributed by atoms with Crippen LogP contribution in [0.2, 0.25) is 0 Å². The number of aryl methyl sites for hydroxylation is 1. The number of hydrogen-bond acceptors (Lipinski definition) is 6. The van der Waals surface area contributed by atoms with Gasteiger partial charge in [-0.2, -0.15) is 10.1 Å². The minimum atomic E-state index is 0.104. The lowest BCUT2D eigenvalue weighted by molar-refractivity contribution is 0.200. The van der Waals surface area contributed by atoms with E-state index in [4.69, 9.17) is 9.63 Å². The molecule has 1 atom stereocenters. The first kappa shape index (κ1) is 16.1. The molecule has 1 saturated heterocycles. The van der Waals surface area contributed by atoms with E-state index in [9.17, 15) is 0 Å². The third-order valence-electron chi connectivity index (χ3n) is 4.37. The maximum absolute atomic E-state index is 9.04. The summed E-state index contributed by atoms with van der Waals surface area (Å²) in [6, 6.07) is 0.190. The van der Waals surface area contributed by atoms with E-state index < -0.39 is 0 Å². The molecule has 2 aromatic rings. The zero-order valence-corrected chi connectivity index (χ0v) is 14.1. The Bertz CT molecular complexity index is 649. The molecular weight excluding hydrogens is 294 g/mol. The SMILES string of the molecule is Cc1nn(CCO)cc1CN1CCC[C@H]1c1nc(C(C)C)no1. The van der Waals surface area contributed by atoms with Crippen molar-refractivity contribution in [3.8, 4) is 0 Å². The van der Waals surface area contributed by atoms with Crippen LogP contribution in [0.4, 0.5) is 0 Å². The Labute approximate surface area is 136 Å². The summed E-state index contributed by atoms with van der Waals surface area (Å²) in [6.07, 6.45) is 4.20. The van der Waals surface area contributed by atoms with E-state index >= 15 is 0 Å². The molecule has 0 unspecified atom stereocenters. The van der Waals surface area contributed by atoms with Gasteiger partial charge in [0.15, 0.2) is 5.82 Å². The fourth-order valence-corrected chi connectivity index (χ4v) is 3.06. The van der Waals surface area contributed by atoms with Crippen LogP contribution in [0.3, 0.4) is 0 Å². The molecule has 3 heterocycles. The molecule has 0 saturated carbocycles. The lowest BCUT2D eigenvalue weighted by Gasteiger charge is -2.20. The van der Waals surface area contributed by atoms with Crippen LogP contribution in [0.5, 0.6) is 0 Å². The Balaban J connectivity index is 1.73. The Hall–Kier alpha value is -1.73. The molecule has 3 rings (SSSR count). The zero-order chi connectivity index (χ0) is 16.4. The van der Waals surface area contributed by atoms with Crippen LogP contribution in [0.15, 0.2) is 10.7 Å². The van der Waals surface area contributed by atoms with Crippen molar-refractivity contribution < 1.29 is 9.63 Å². The standard InChI is InChI=1S/C16H25N5O2/c1-11(2)15-17-16(23-19-15)14-5-4-6-20(14)9-13-10-21(7-8-22)18-12(13)3/h10-11,14,22H,4-9H2,1-3H3/t14-/m0/s1. The Kier molecular flexibility index (Phi) is 4.77. The normalized spacial score (nSPS) is 19.1. The van der Waals surface area contributed by atoms with Crippen LogP contribution in [-0.2, 0) is 13.1 Å². The first-order valence-electron chi connectivity index (χ1n) is 8.29. The average Bonchev–Trinajstić information content (AvgIpc) is 3.20. The highest BCUT2D eigenvalue weighted by Gasteiger charge is 2.31. The van der Waals surface area contributed by atoms with Gasteiger partial charge in [-0.25, -0.2) is 0 Å². The van der Waals surface area contributed by atoms with Crippen molar-refractivity contribution in [1.29, 1.82) is 0 Å². The zero-order valence-electron chi connectivity index (χ0n) is 14.1. The van der Waals surface area contributed by atoms with E-state index in [1.807, 2.05) is 13.1 Å². The number of aliphatic hydroxyl groups is 1. The summed E-state index contributed by atoms with van der Waals surface area (Å²) in [7, 11) is 0. The number of likely N-dealkylation sites (tertiary alicyclic amines) is 1. The van der Waals surface area contributed by atoms with Gasteiger partial charge in [0.1, 0.15) is 0 Å². The van der Waals surface area contributed by atoms with Gasteiger partial charge in [0.25, 0.3) is 0 Å². The largest absolute Gasteiger partial charge is 0.394 e. The summed E-state index contributed by atoms with van der Waals surface area (Å²) in [5, 5.41) is 17.6. The van der Waals surface area contributed by atoms with Gasteiger partial charge >= 0.3 is 0 Å². The molecule has 2 aromatic heterocycles. The number of aromatic nitrogens is 4. The second-order valence-corrected chi connectivity index (χ2v) is 6.50. The van der Waals surface area contributed by atoms with E-state index in [0.717, 1.165) is 43.3 Å². The van der Waals surface area contributed by atoms with Gasteiger partial charge in [0.05, 0.1) is 24.9 Å². The molecule has 0 spiro atoms. The molecule has 1 fully saturated rings. The fourth-order valence-electron chi connectivity index (χ4n) is 3.06. The third-order valence-corrected chi connectivity index (χ3v) is 4.37. The summed E-state index contributed by atoms with van der Waals surface area (Å²) < 4.78 is 7.30. The maximum atomic E-state index is 9.04. The lowest BCUT2D eigenvalue weighted by atomic mass is 10.2. The van der Waals surface area contributed by atoms with Gasteiger partial charge in [-0.05, 0) is 26.3 Å². The van der Waals surface area contributed by atoms with Crippen molar-refractivity contribution in [3.05, 3.63) is 29.2 Å². The van der Waals surface area contributed by atoms with Gasteiger partial charge < -0.3 is 9.63 Å². The van der Waals surface area contributed by atoms with Crippen molar-refractivity contribution in [2.75, 3.05) is 13.2 Å². The molecule has 126 valence electrons. The van der Waals surface area contributed by atoms with Gasteiger partial charge in [-0.3, -0.25) is 9.58 Å². The van der Waals surface area contributed by atoms with E-state index in [-0.39, 0.29) is 18.6 Å². The first-order valence-corrected chi connectivity index (χ1v) is 8.29. The van der Waals surface area contributed by atoms with E-state index in [1.54, 1.807) is 4.68 Å². The highest BCUT2D eigenvalue weighted by Crippen LogP contribution is 2.33. The van der Waals surface area contributed by atoms with Crippen LogP contribution < -0.4 is 0 Å². The van der Waals surface area contributed by atoms with E-state index in [1.165, 1.54) is 5.56 Å². The van der Waals surface area contributed by atoms with E-state index in [2.05, 4.69) is 34.0 Å². The quantitative estimate of drug-likeness (QED) is 0.877. The van der Waals surface area contributed by atoms with Crippen LogP contribution in [-0.4, -0.2) is 43.1 Å². The fraction of sp³-hybridized carbons (Fsp3) is 0.688. The molecule has 0 radical (unpaired) electrons. The topological polar surface area (TPSA) is 80.2 Å². The maximum Gasteiger partial charge on any atom is 0.244 e. The summed E-state index contributed by atoms with van der Waals surface area (Å²) in [5.41, 5.74) is 2.20. The van der Waals surface area contributed by atoms with Crippen molar-refractivity contribution in [1.82, 2.24) is 24.8 Å². The van der Waals surface area contributed by atoms with Crippen LogP contribution in [0.1, 0.15) is 61.6 Å². The summed E-state index contributed by atoms with van der Waals surface area (Å²) >= 11 is 0. The molecular formula is C16H25N5O2. The van der Waals surface area contributed by atoms with Crippen molar-refractivity contribution >= 4 is 0 Å². The predicted octanol–water partition coefficient (Wildman–Crippen LogP) is 2.03. The number of rotatable bonds is 6. The number of nitrogens with zero attached hydrogens (tertiary/aromatic N) is 5. The second-order valence-electron chi connectivity index (χ2n) is 6.50. The van der Waals surface area contributed by atoms with Gasteiger partial charge in [-0.15, -0.1) is 0 Å². The molecule has 7 heteroatoms. The van der Waals surface area contributed by atoms with Crippen LogP contribution in [0, 0.1) is 6.92 Å². The minimum absolute atomic E-state index is 0.104. The summed E-state index contributed by atoms with van der Waals surface area (Å²) in [4.78, 5) is 6.95. The molecule has 1 N–H and O–H groups in total. The van der Waals surface area contributed by atoms with Crippen molar-refractivity contribution in [3.63, 3.8) is 0 Å². The molecule has 23 heavy (non-hydrogen) atoms. The Morgan fingerprint density at radius 1 is 1.43 bits per heavy atom. The first-order chi connectivity index (χ1) is 11.1. The molecule has 0 bridgehead atoms. The van der Waals surface area contributed by atoms with Gasteiger partial charge in [0.2, 0.25) is 5.89 Å². The molecule has 1 aliphatic heterocycles. The molecule has 0 aromatic carbocycles. The molecule has 0 amide bonds.